The zero-order chi connectivity index (χ0) is 20.2. The molecule has 1 atom stereocenters. The van der Waals surface area contributed by atoms with Crippen molar-refractivity contribution in [2.24, 2.45) is 10.8 Å². The van der Waals surface area contributed by atoms with Gasteiger partial charge in [-0.05, 0) is 61.3 Å². The van der Waals surface area contributed by atoms with Crippen LogP contribution in [-0.2, 0) is 25.5 Å². The van der Waals surface area contributed by atoms with Gasteiger partial charge in [-0.3, -0.25) is 9.59 Å². The fourth-order valence-corrected chi connectivity index (χ4v) is 4.48. The third-order valence-corrected chi connectivity index (χ3v) is 6.20. The summed E-state index contributed by atoms with van der Waals surface area (Å²) in [5.41, 5.74) is 4.34. The molecule has 3 rings (SSSR count). The minimum Gasteiger partial charge on any atom is -0.468 e. The molecule has 28 heavy (non-hydrogen) atoms. The van der Waals surface area contributed by atoms with Crippen molar-refractivity contribution in [3.8, 4) is 0 Å². The quantitative estimate of drug-likeness (QED) is 0.314. The number of methoxy groups -OCH3 is 2. The van der Waals surface area contributed by atoms with Gasteiger partial charge in [-0.1, -0.05) is 43.3 Å². The number of hydrogen-bond donors (Lipinski definition) is 0. The van der Waals surface area contributed by atoms with Crippen molar-refractivity contribution < 1.29 is 19.1 Å². The van der Waals surface area contributed by atoms with Crippen molar-refractivity contribution in [2.45, 2.75) is 44.9 Å². The van der Waals surface area contributed by atoms with Crippen molar-refractivity contribution in [3.05, 3.63) is 65.4 Å². The van der Waals surface area contributed by atoms with Crippen LogP contribution >= 0.6 is 0 Å². The van der Waals surface area contributed by atoms with Crippen molar-refractivity contribution in [3.63, 3.8) is 0 Å². The Balaban J connectivity index is 2.00. The van der Waals surface area contributed by atoms with Crippen molar-refractivity contribution in [2.75, 3.05) is 14.2 Å². The van der Waals surface area contributed by atoms with Gasteiger partial charge in [-0.2, -0.15) is 0 Å². The van der Waals surface area contributed by atoms with E-state index in [-0.39, 0.29) is 0 Å². The molecule has 0 amide bonds. The highest BCUT2D eigenvalue weighted by atomic mass is 16.5. The number of hydrogen-bond acceptors (Lipinski definition) is 4. The minimum atomic E-state index is -1.35. The van der Waals surface area contributed by atoms with Crippen molar-refractivity contribution in [1.29, 1.82) is 0 Å². The second kappa shape index (κ2) is 8.20. The third kappa shape index (κ3) is 3.45. The Morgan fingerprint density at radius 3 is 2.25 bits per heavy atom. The predicted molar refractivity (Wildman–Crippen MR) is 107 cm³/mol. The highest BCUT2D eigenvalue weighted by Crippen LogP contribution is 2.70. The smallest absolute Gasteiger partial charge is 0.324 e. The molecule has 0 bridgehead atoms. The van der Waals surface area contributed by atoms with E-state index < -0.39 is 22.8 Å². The molecule has 0 spiro atoms. The predicted octanol–water partition coefficient (Wildman–Crippen LogP) is 4.55. The molecule has 0 aromatic heterocycles. The van der Waals surface area contributed by atoms with Gasteiger partial charge in [0, 0.05) is 5.41 Å². The van der Waals surface area contributed by atoms with Crippen molar-refractivity contribution >= 4 is 11.9 Å². The van der Waals surface area contributed by atoms with Gasteiger partial charge in [-0.25, -0.2) is 0 Å². The highest BCUT2D eigenvalue weighted by Gasteiger charge is 2.78. The summed E-state index contributed by atoms with van der Waals surface area (Å²) in [6, 6.07) is 9.84. The first-order valence-electron chi connectivity index (χ1n) is 9.85. The first-order valence-corrected chi connectivity index (χ1v) is 9.85. The molecule has 0 N–H and O–H groups in total. The fraction of sp³-hybridized carbons (Fsp3) is 0.458. The molecule has 148 valence electrons. The van der Waals surface area contributed by atoms with Crippen LogP contribution in [0.4, 0.5) is 0 Å². The SMILES string of the molecule is C=C(C=C=C1CCCCC1)C1(Cc2ccccc2)CC1(C(=O)OC)C(=O)OC. The maximum Gasteiger partial charge on any atom is 0.324 e. The van der Waals surface area contributed by atoms with E-state index in [0.29, 0.717) is 12.8 Å². The lowest BCUT2D eigenvalue weighted by molar-refractivity contribution is -0.163. The first kappa shape index (κ1) is 20.2. The molecule has 0 radical (unpaired) electrons. The number of carbonyl (C=O) groups excluding carboxylic acids is 2. The summed E-state index contributed by atoms with van der Waals surface area (Å²) in [5.74, 6) is -1.12. The molecule has 2 aliphatic rings. The Hall–Kier alpha value is -2.58. The molecular formula is C24H28O4. The first-order chi connectivity index (χ1) is 13.5. The van der Waals surface area contributed by atoms with Gasteiger partial charge in [0.1, 0.15) is 0 Å². The van der Waals surface area contributed by atoms with E-state index >= 15 is 0 Å². The largest absolute Gasteiger partial charge is 0.468 e. The maximum atomic E-state index is 12.7. The van der Waals surface area contributed by atoms with E-state index in [1.807, 2.05) is 36.4 Å². The summed E-state index contributed by atoms with van der Waals surface area (Å²) < 4.78 is 10.0. The van der Waals surface area contributed by atoms with Crippen LogP contribution in [0.1, 0.15) is 44.1 Å². The number of allylic oxidation sites excluding steroid dienone is 2. The monoisotopic (exact) mass is 380 g/mol. The Bertz CT molecular complexity index is 805. The highest BCUT2D eigenvalue weighted by molar-refractivity contribution is 6.06. The summed E-state index contributed by atoms with van der Waals surface area (Å²) in [7, 11) is 2.61. The number of carbonyl (C=O) groups is 2. The third-order valence-electron chi connectivity index (χ3n) is 6.20. The zero-order valence-corrected chi connectivity index (χ0v) is 16.8. The van der Waals surface area contributed by atoms with Gasteiger partial charge in [0.15, 0.2) is 5.41 Å². The van der Waals surface area contributed by atoms with Crippen LogP contribution in [0.25, 0.3) is 0 Å². The van der Waals surface area contributed by atoms with Gasteiger partial charge in [-0.15, -0.1) is 5.73 Å². The Kier molecular flexibility index (Phi) is 5.90. The van der Waals surface area contributed by atoms with Crippen LogP contribution in [0.2, 0.25) is 0 Å². The van der Waals surface area contributed by atoms with Gasteiger partial charge >= 0.3 is 11.9 Å². The number of rotatable bonds is 6. The standard InChI is InChI=1S/C24H28O4/c1-18(14-15-19-10-6-4-7-11-19)23(16-20-12-8-5-9-13-20)17-24(23,21(25)27-2)22(26)28-3/h5,8-9,12-14H,1,4,6-7,10-11,16-17H2,2-3H3. The Morgan fingerprint density at radius 2 is 1.68 bits per heavy atom. The van der Waals surface area contributed by atoms with E-state index in [2.05, 4.69) is 12.3 Å². The summed E-state index contributed by atoms with van der Waals surface area (Å²) in [4.78, 5) is 25.4. The fourth-order valence-electron chi connectivity index (χ4n) is 4.48. The molecule has 1 aromatic rings. The molecule has 1 aromatic carbocycles. The van der Waals surface area contributed by atoms with Gasteiger partial charge in [0.05, 0.1) is 14.2 Å². The Morgan fingerprint density at radius 1 is 1.07 bits per heavy atom. The van der Waals surface area contributed by atoms with E-state index in [1.165, 1.54) is 39.1 Å². The summed E-state index contributed by atoms with van der Waals surface area (Å²) in [5, 5.41) is 0. The minimum absolute atomic E-state index is 0.334. The average molecular weight is 380 g/mol. The molecule has 2 aliphatic carbocycles. The van der Waals surface area contributed by atoms with Crippen LogP contribution < -0.4 is 0 Å². The van der Waals surface area contributed by atoms with E-state index in [4.69, 9.17) is 9.47 Å². The molecule has 4 nitrogen and oxygen atoms in total. The molecule has 1 unspecified atom stereocenters. The second-order valence-electron chi connectivity index (χ2n) is 7.79. The molecule has 2 saturated carbocycles. The molecule has 0 aliphatic heterocycles. The lowest BCUT2D eigenvalue weighted by Gasteiger charge is -2.23. The number of benzene rings is 1. The van der Waals surface area contributed by atoms with E-state index in [9.17, 15) is 9.59 Å². The Labute approximate surface area is 166 Å². The number of ether oxygens (including phenoxy) is 2. The maximum absolute atomic E-state index is 12.7. The molecule has 4 heteroatoms. The number of esters is 2. The van der Waals surface area contributed by atoms with Crippen molar-refractivity contribution in [1.82, 2.24) is 0 Å². The molecular weight excluding hydrogens is 352 g/mol. The molecule has 0 saturated heterocycles. The topological polar surface area (TPSA) is 52.6 Å². The van der Waals surface area contributed by atoms with Gasteiger partial charge < -0.3 is 9.47 Å². The lowest BCUT2D eigenvalue weighted by Crippen LogP contribution is -2.35. The van der Waals surface area contributed by atoms with Crippen LogP contribution in [0.15, 0.2) is 59.9 Å². The lowest BCUT2D eigenvalue weighted by atomic mass is 9.80. The molecule has 0 heterocycles. The average Bonchev–Trinajstić information content (AvgIpc) is 3.43. The molecule has 2 fully saturated rings. The normalized spacial score (nSPS) is 22.6. The van der Waals surface area contributed by atoms with Crippen LogP contribution in [0, 0.1) is 10.8 Å². The second-order valence-corrected chi connectivity index (χ2v) is 7.79. The van der Waals surface area contributed by atoms with Crippen LogP contribution in [0.5, 0.6) is 0 Å². The van der Waals surface area contributed by atoms with E-state index in [0.717, 1.165) is 24.0 Å². The summed E-state index contributed by atoms with van der Waals surface area (Å²) in [6.07, 6.45) is 8.46. The van der Waals surface area contributed by atoms with Gasteiger partial charge in [0.2, 0.25) is 0 Å². The summed E-state index contributed by atoms with van der Waals surface area (Å²) in [6.45, 7) is 4.25. The zero-order valence-electron chi connectivity index (χ0n) is 16.8. The summed E-state index contributed by atoms with van der Waals surface area (Å²) >= 11 is 0. The van der Waals surface area contributed by atoms with Gasteiger partial charge in [0.25, 0.3) is 0 Å². The van der Waals surface area contributed by atoms with Crippen LogP contribution in [0.3, 0.4) is 0 Å². The van der Waals surface area contributed by atoms with E-state index in [1.54, 1.807) is 0 Å². The van der Waals surface area contributed by atoms with Crippen LogP contribution in [-0.4, -0.2) is 26.2 Å².